The molecule has 4 atom stereocenters. The van der Waals surface area contributed by atoms with Crippen LogP contribution in [-0.2, 0) is 14.4 Å². The molecule has 7 heteroatoms. The average Bonchev–Trinajstić information content (AvgIpc) is 3.29. The topological polar surface area (TPSA) is 110 Å². The SMILES string of the molecule is C[C@]12C(=O)c3ccccc3NC(=O)[C@@H]1[C@H]2C(=O)N1CCC[C@@H](C(N)=O)C1. The quantitative estimate of drug-likeness (QED) is 0.817. The number of Topliss-reactive ketones (excluding diaryl/α,β-unsaturated/α-hetero) is 1. The molecule has 2 aliphatic heterocycles. The summed E-state index contributed by atoms with van der Waals surface area (Å²) in [6.07, 6.45) is 1.35. The van der Waals surface area contributed by atoms with Crippen LogP contribution in [0.15, 0.2) is 24.3 Å². The molecule has 0 aromatic heterocycles. The Morgan fingerprint density at radius 1 is 1.27 bits per heavy atom. The van der Waals surface area contributed by atoms with Gasteiger partial charge in [0.05, 0.1) is 28.9 Å². The number of primary amides is 1. The van der Waals surface area contributed by atoms with Gasteiger partial charge in [0.25, 0.3) is 0 Å². The van der Waals surface area contributed by atoms with E-state index in [4.69, 9.17) is 5.73 Å². The van der Waals surface area contributed by atoms with Crippen molar-refractivity contribution < 1.29 is 19.2 Å². The van der Waals surface area contributed by atoms with Crippen LogP contribution >= 0.6 is 0 Å². The molecule has 3 N–H and O–H groups in total. The summed E-state index contributed by atoms with van der Waals surface area (Å²) in [5.41, 5.74) is 5.29. The number of hydrogen-bond acceptors (Lipinski definition) is 4. The van der Waals surface area contributed by atoms with Gasteiger partial charge in [-0.3, -0.25) is 19.2 Å². The van der Waals surface area contributed by atoms with Crippen LogP contribution in [0.1, 0.15) is 30.1 Å². The Kier molecular flexibility index (Phi) is 3.64. The molecule has 2 fully saturated rings. The van der Waals surface area contributed by atoms with E-state index < -0.39 is 23.2 Å². The standard InChI is InChI=1S/C19H21N3O4/c1-19-13(17(25)21-12-7-3-2-6-11(12)15(19)23)14(19)18(26)22-8-4-5-10(9-22)16(20)24/h2-3,6-7,10,13-14H,4-5,8-9H2,1H3,(H2,20,24)(H,21,25)/t10-,13+,14+,19+/m1/s1. The number of benzene rings is 1. The predicted molar refractivity (Wildman–Crippen MR) is 93.0 cm³/mol. The maximum absolute atomic E-state index is 13.1. The minimum Gasteiger partial charge on any atom is -0.369 e. The van der Waals surface area contributed by atoms with Gasteiger partial charge in [0, 0.05) is 18.7 Å². The first kappa shape index (κ1) is 16.8. The van der Waals surface area contributed by atoms with Crippen molar-refractivity contribution in [2.24, 2.45) is 28.9 Å². The molecule has 0 radical (unpaired) electrons. The molecule has 3 aliphatic rings. The lowest BCUT2D eigenvalue weighted by Gasteiger charge is -2.32. The molecule has 1 saturated carbocycles. The van der Waals surface area contributed by atoms with Gasteiger partial charge in [-0.15, -0.1) is 0 Å². The van der Waals surface area contributed by atoms with Gasteiger partial charge in [-0.2, -0.15) is 0 Å². The van der Waals surface area contributed by atoms with Gasteiger partial charge in [-0.05, 0) is 25.0 Å². The summed E-state index contributed by atoms with van der Waals surface area (Å²) in [4.78, 5) is 51.8. The highest BCUT2D eigenvalue weighted by Gasteiger charge is 2.74. The van der Waals surface area contributed by atoms with E-state index in [0.29, 0.717) is 30.6 Å². The fourth-order valence-corrected chi connectivity index (χ4v) is 4.52. The predicted octanol–water partition coefficient (Wildman–Crippen LogP) is 0.798. The number of piperidine rings is 1. The van der Waals surface area contributed by atoms with Crippen molar-refractivity contribution >= 4 is 29.2 Å². The second-order valence-corrected chi connectivity index (χ2v) is 7.63. The number of amides is 3. The third-order valence-electron chi connectivity index (χ3n) is 6.12. The van der Waals surface area contributed by atoms with E-state index >= 15 is 0 Å². The van der Waals surface area contributed by atoms with Crippen molar-refractivity contribution in [2.75, 3.05) is 18.4 Å². The number of carbonyl (C=O) groups excluding carboxylic acids is 4. The first-order valence-electron chi connectivity index (χ1n) is 8.88. The maximum atomic E-state index is 13.1. The number of carbonyl (C=O) groups is 4. The van der Waals surface area contributed by atoms with Crippen LogP contribution < -0.4 is 11.1 Å². The van der Waals surface area contributed by atoms with Crippen LogP contribution in [0.4, 0.5) is 5.69 Å². The summed E-state index contributed by atoms with van der Waals surface area (Å²) < 4.78 is 0. The van der Waals surface area contributed by atoms with E-state index in [2.05, 4.69) is 5.32 Å². The first-order valence-corrected chi connectivity index (χ1v) is 8.88. The van der Waals surface area contributed by atoms with Gasteiger partial charge in [0.15, 0.2) is 5.78 Å². The molecule has 0 spiro atoms. The third-order valence-corrected chi connectivity index (χ3v) is 6.12. The second-order valence-electron chi connectivity index (χ2n) is 7.63. The van der Waals surface area contributed by atoms with Gasteiger partial charge in [0.2, 0.25) is 17.7 Å². The number of nitrogens with one attached hydrogen (secondary N) is 1. The molecule has 2 heterocycles. The Balaban J connectivity index is 1.62. The lowest BCUT2D eigenvalue weighted by Crippen LogP contribution is -2.45. The summed E-state index contributed by atoms with van der Waals surface area (Å²) >= 11 is 0. The molecule has 1 saturated heterocycles. The van der Waals surface area contributed by atoms with E-state index in [9.17, 15) is 19.2 Å². The molecule has 0 unspecified atom stereocenters. The smallest absolute Gasteiger partial charge is 0.229 e. The Labute approximate surface area is 150 Å². The zero-order valence-corrected chi connectivity index (χ0v) is 14.5. The number of ketones is 1. The number of hydrogen-bond donors (Lipinski definition) is 2. The van der Waals surface area contributed by atoms with E-state index in [1.807, 2.05) is 0 Å². The second kappa shape index (κ2) is 5.65. The zero-order valence-electron chi connectivity index (χ0n) is 14.5. The van der Waals surface area contributed by atoms with Crippen molar-refractivity contribution in [1.29, 1.82) is 0 Å². The molecule has 1 aliphatic carbocycles. The number of anilines is 1. The molecule has 1 aromatic carbocycles. The largest absolute Gasteiger partial charge is 0.369 e. The van der Waals surface area contributed by atoms with Crippen LogP contribution in [-0.4, -0.2) is 41.5 Å². The molecular formula is C19H21N3O4. The Bertz CT molecular complexity index is 836. The maximum Gasteiger partial charge on any atom is 0.229 e. The first-order chi connectivity index (χ1) is 12.4. The fourth-order valence-electron chi connectivity index (χ4n) is 4.52. The summed E-state index contributed by atoms with van der Waals surface area (Å²) in [5, 5.41) is 2.78. The van der Waals surface area contributed by atoms with Crippen molar-refractivity contribution in [3.8, 4) is 0 Å². The van der Waals surface area contributed by atoms with Crippen LogP contribution in [0, 0.1) is 23.2 Å². The van der Waals surface area contributed by atoms with Gasteiger partial charge >= 0.3 is 0 Å². The van der Waals surface area contributed by atoms with Gasteiger partial charge in [-0.1, -0.05) is 19.1 Å². The van der Waals surface area contributed by atoms with Crippen LogP contribution in [0.5, 0.6) is 0 Å². The third kappa shape index (κ3) is 2.26. The van der Waals surface area contributed by atoms with E-state index in [1.54, 1.807) is 36.1 Å². The molecule has 0 bridgehead atoms. The van der Waals surface area contributed by atoms with E-state index in [-0.39, 0.29) is 30.1 Å². The van der Waals surface area contributed by atoms with Crippen LogP contribution in [0.2, 0.25) is 0 Å². The molecule has 4 rings (SSSR count). The van der Waals surface area contributed by atoms with Crippen molar-refractivity contribution in [1.82, 2.24) is 4.90 Å². The Morgan fingerprint density at radius 3 is 2.73 bits per heavy atom. The minimum atomic E-state index is -1.03. The Hall–Kier alpha value is -2.70. The molecule has 26 heavy (non-hydrogen) atoms. The summed E-state index contributed by atoms with van der Waals surface area (Å²) in [6, 6.07) is 6.87. The normalized spacial score (nSPS) is 32.8. The van der Waals surface area contributed by atoms with E-state index in [0.717, 1.165) is 0 Å². The number of nitrogens with two attached hydrogens (primary N) is 1. The van der Waals surface area contributed by atoms with Crippen molar-refractivity contribution in [3.05, 3.63) is 29.8 Å². The average molecular weight is 355 g/mol. The van der Waals surface area contributed by atoms with E-state index in [1.165, 1.54) is 0 Å². The molecule has 7 nitrogen and oxygen atoms in total. The summed E-state index contributed by atoms with van der Waals surface area (Å²) in [5.74, 6) is -2.85. The summed E-state index contributed by atoms with van der Waals surface area (Å²) in [7, 11) is 0. The fraction of sp³-hybridized carbons (Fsp3) is 0.474. The lowest BCUT2D eigenvalue weighted by molar-refractivity contribution is -0.137. The molecule has 1 aromatic rings. The summed E-state index contributed by atoms with van der Waals surface area (Å²) in [6.45, 7) is 2.48. The van der Waals surface area contributed by atoms with Crippen LogP contribution in [0.3, 0.4) is 0 Å². The van der Waals surface area contributed by atoms with Gasteiger partial charge in [0.1, 0.15) is 0 Å². The monoisotopic (exact) mass is 355 g/mol. The van der Waals surface area contributed by atoms with Gasteiger partial charge in [-0.25, -0.2) is 0 Å². The minimum absolute atomic E-state index is 0.182. The zero-order chi connectivity index (χ0) is 18.6. The molecule has 136 valence electrons. The highest BCUT2D eigenvalue weighted by atomic mass is 16.2. The highest BCUT2D eigenvalue weighted by Crippen LogP contribution is 2.63. The molecule has 3 amide bonds. The highest BCUT2D eigenvalue weighted by molar-refractivity contribution is 6.19. The lowest BCUT2D eigenvalue weighted by atomic mass is 9.91. The number of para-hydroxylation sites is 1. The Morgan fingerprint density at radius 2 is 2.00 bits per heavy atom. The van der Waals surface area contributed by atoms with Crippen molar-refractivity contribution in [3.63, 3.8) is 0 Å². The molecular weight excluding hydrogens is 334 g/mol. The number of nitrogens with zero attached hydrogens (tertiary/aromatic N) is 1. The number of fused-ring (bicyclic) bond motifs is 2. The van der Waals surface area contributed by atoms with Crippen molar-refractivity contribution in [2.45, 2.75) is 19.8 Å². The van der Waals surface area contributed by atoms with Gasteiger partial charge < -0.3 is 16.0 Å². The number of likely N-dealkylation sites (tertiary alicyclic amines) is 1. The number of rotatable bonds is 2. The van der Waals surface area contributed by atoms with Crippen LogP contribution in [0.25, 0.3) is 0 Å².